The Labute approximate surface area is 208 Å². The lowest BCUT2D eigenvalue weighted by Crippen LogP contribution is -2.64. The molecule has 1 unspecified atom stereocenters. The van der Waals surface area contributed by atoms with Crippen LogP contribution in [0, 0.1) is 44.8 Å². The molecule has 6 aliphatic rings. The van der Waals surface area contributed by atoms with E-state index >= 15 is 0 Å². The number of aliphatic hydroxyl groups is 1. The van der Waals surface area contributed by atoms with E-state index in [2.05, 4.69) is 66.8 Å². The molecule has 192 valence electrons. The van der Waals surface area contributed by atoms with Crippen LogP contribution in [0.4, 0.5) is 0 Å². The predicted molar refractivity (Wildman–Crippen MR) is 138 cm³/mol. The van der Waals surface area contributed by atoms with Crippen molar-refractivity contribution in [3.8, 4) is 0 Å². The van der Waals surface area contributed by atoms with Crippen LogP contribution in [0.3, 0.4) is 0 Å². The van der Waals surface area contributed by atoms with Crippen molar-refractivity contribution >= 4 is 0 Å². The van der Waals surface area contributed by atoms with Crippen molar-refractivity contribution in [2.24, 2.45) is 44.8 Å². The second kappa shape index (κ2) is 6.73. The van der Waals surface area contributed by atoms with E-state index in [4.69, 9.17) is 4.74 Å². The lowest BCUT2D eigenvalue weighted by Gasteiger charge is -2.69. The molecule has 11 atom stereocenters. The summed E-state index contributed by atoms with van der Waals surface area (Å²) in [6.07, 6.45) is 12.9. The molecule has 0 amide bonds. The van der Waals surface area contributed by atoms with E-state index in [9.17, 15) is 5.11 Å². The largest absolute Gasteiger partial charge is 0.393 e. The third kappa shape index (κ3) is 2.38. The smallest absolute Gasteiger partial charge is 0.123 e. The number of ether oxygens (including phenoxy) is 1. The monoisotopic (exact) mass is 469 g/mol. The van der Waals surface area contributed by atoms with E-state index in [1.165, 1.54) is 32.1 Å². The van der Waals surface area contributed by atoms with Crippen molar-refractivity contribution < 1.29 is 9.84 Å². The van der Waals surface area contributed by atoms with Gasteiger partial charge in [-0.15, -0.1) is 0 Å². The summed E-state index contributed by atoms with van der Waals surface area (Å²) < 4.78 is 7.39. The summed E-state index contributed by atoms with van der Waals surface area (Å²) in [5.74, 6) is 1.92. The van der Waals surface area contributed by atoms with E-state index < -0.39 is 0 Å². The lowest BCUT2D eigenvalue weighted by molar-refractivity contribution is -0.189. The first-order valence-electron chi connectivity index (χ1n) is 14.5. The highest BCUT2D eigenvalue weighted by atomic mass is 16.5. The second-order valence-corrected chi connectivity index (χ2v) is 15.3. The fourth-order valence-electron chi connectivity index (χ4n) is 11.8. The second-order valence-electron chi connectivity index (χ2n) is 15.3. The predicted octanol–water partition coefficient (Wildman–Crippen LogP) is 6.85. The fourth-order valence-corrected chi connectivity index (χ4v) is 11.8. The SMILES string of the molecule is C[C@@H]1CC[C@@]2(NC1)OC1(C)C[C@@]3(C)[C@@H]4CC=C5C[C@@H](O)CC[C@]5(C)[C@@]4(C)CC[C@]3(C)[C@@]1(C)[C@@H]2C. The van der Waals surface area contributed by atoms with E-state index in [1.54, 1.807) is 5.57 Å². The molecule has 0 bridgehead atoms. The van der Waals surface area contributed by atoms with Gasteiger partial charge < -0.3 is 9.84 Å². The van der Waals surface area contributed by atoms with Crippen LogP contribution in [0.5, 0.6) is 0 Å². The number of aliphatic hydroxyl groups excluding tert-OH is 1. The molecule has 4 aliphatic carbocycles. The molecule has 0 radical (unpaired) electrons. The highest BCUT2D eigenvalue weighted by Crippen LogP contribution is 2.84. The quantitative estimate of drug-likeness (QED) is 0.381. The Bertz CT molecular complexity index is 920. The van der Waals surface area contributed by atoms with Gasteiger partial charge in [0.25, 0.3) is 0 Å². The average Bonchev–Trinajstić information content (AvgIpc) is 3.02. The topological polar surface area (TPSA) is 41.5 Å². The van der Waals surface area contributed by atoms with E-state index in [-0.39, 0.29) is 39.1 Å². The van der Waals surface area contributed by atoms with Crippen molar-refractivity contribution in [1.82, 2.24) is 5.32 Å². The molecule has 2 saturated heterocycles. The number of piperidine rings is 1. The van der Waals surface area contributed by atoms with Crippen LogP contribution in [0.1, 0.15) is 113 Å². The highest BCUT2D eigenvalue weighted by molar-refractivity contribution is 5.34. The standard InChI is InChI=1S/C31H51NO2/c1-20-11-14-31(32-18-20)21(2)30(8)28(6)16-15-26(4)24(27(28,5)19-29(30,7)34-31)10-9-22-17-23(33)12-13-25(22,26)3/h9,20-21,23-24,32-33H,10-19H2,1-8H3/t20-,21+,23+,24-,25+,26+,27+,28+,29?,30-,31-/m1/s1. The minimum atomic E-state index is -0.147. The fraction of sp³-hybridized carbons (Fsp3) is 0.935. The first-order valence-corrected chi connectivity index (χ1v) is 14.5. The average molecular weight is 470 g/mol. The van der Waals surface area contributed by atoms with Crippen molar-refractivity contribution in [2.45, 2.75) is 131 Å². The molecule has 0 aromatic carbocycles. The van der Waals surface area contributed by atoms with E-state index in [1.807, 2.05) is 0 Å². The first-order chi connectivity index (χ1) is 15.7. The Morgan fingerprint density at radius 1 is 0.941 bits per heavy atom. The molecule has 6 rings (SSSR count). The molecule has 0 aromatic rings. The normalized spacial score (nSPS) is 63.0. The molecule has 3 heteroatoms. The van der Waals surface area contributed by atoms with Gasteiger partial charge in [0.1, 0.15) is 5.72 Å². The van der Waals surface area contributed by atoms with Crippen molar-refractivity contribution in [3.05, 3.63) is 11.6 Å². The number of hydrogen-bond donors (Lipinski definition) is 2. The van der Waals surface area contributed by atoms with Crippen LogP contribution in [0.25, 0.3) is 0 Å². The summed E-state index contributed by atoms with van der Waals surface area (Å²) in [4.78, 5) is 0. The number of hydrogen-bond acceptors (Lipinski definition) is 3. The maximum Gasteiger partial charge on any atom is 0.123 e. The Morgan fingerprint density at radius 2 is 1.68 bits per heavy atom. The summed E-state index contributed by atoms with van der Waals surface area (Å²) in [5.41, 5.74) is 2.51. The molecule has 5 fully saturated rings. The minimum Gasteiger partial charge on any atom is -0.393 e. The summed E-state index contributed by atoms with van der Waals surface area (Å²) in [6.45, 7) is 21.7. The van der Waals surface area contributed by atoms with Gasteiger partial charge in [0.05, 0.1) is 11.7 Å². The van der Waals surface area contributed by atoms with Crippen LogP contribution in [0.2, 0.25) is 0 Å². The molecule has 3 nitrogen and oxygen atoms in total. The zero-order valence-electron chi connectivity index (χ0n) is 23.3. The number of nitrogens with one attached hydrogen (secondary N) is 1. The van der Waals surface area contributed by atoms with Gasteiger partial charge in [-0.25, -0.2) is 0 Å². The number of allylic oxidation sites excluding steroid dienone is 1. The van der Waals surface area contributed by atoms with Crippen LogP contribution < -0.4 is 5.32 Å². The molecule has 3 saturated carbocycles. The van der Waals surface area contributed by atoms with Crippen molar-refractivity contribution in [2.75, 3.05) is 6.54 Å². The Balaban J connectivity index is 1.43. The summed E-state index contributed by atoms with van der Waals surface area (Å²) in [7, 11) is 0. The number of rotatable bonds is 0. The molecule has 0 aromatic heterocycles. The van der Waals surface area contributed by atoms with Gasteiger partial charge in [-0.05, 0) is 98.2 Å². The zero-order valence-corrected chi connectivity index (χ0v) is 23.3. The van der Waals surface area contributed by atoms with Crippen molar-refractivity contribution in [1.29, 1.82) is 0 Å². The summed E-state index contributed by atoms with van der Waals surface area (Å²) in [6, 6.07) is 0. The minimum absolute atomic E-state index is 0.0948. The molecule has 2 N–H and O–H groups in total. The summed E-state index contributed by atoms with van der Waals surface area (Å²) in [5, 5.41) is 14.4. The maximum absolute atomic E-state index is 10.5. The van der Waals surface area contributed by atoms with Gasteiger partial charge in [0, 0.05) is 17.9 Å². The van der Waals surface area contributed by atoms with Crippen LogP contribution in [-0.4, -0.2) is 29.1 Å². The van der Waals surface area contributed by atoms with Crippen LogP contribution in [-0.2, 0) is 4.74 Å². The van der Waals surface area contributed by atoms with Crippen LogP contribution in [0.15, 0.2) is 11.6 Å². The van der Waals surface area contributed by atoms with Crippen molar-refractivity contribution in [3.63, 3.8) is 0 Å². The molecule has 2 heterocycles. The molecular formula is C31H51NO2. The van der Waals surface area contributed by atoms with Gasteiger partial charge in [0.2, 0.25) is 0 Å². The first kappa shape index (κ1) is 24.0. The zero-order chi connectivity index (χ0) is 24.6. The number of fused-ring (bicyclic) bond motifs is 7. The third-order valence-corrected chi connectivity index (χ3v) is 14.6. The Hall–Kier alpha value is -0.380. The molecule has 1 spiro atoms. The van der Waals surface area contributed by atoms with Gasteiger partial charge >= 0.3 is 0 Å². The van der Waals surface area contributed by atoms with Gasteiger partial charge in [-0.3, -0.25) is 5.32 Å². The maximum atomic E-state index is 10.5. The van der Waals surface area contributed by atoms with E-state index in [0.29, 0.717) is 17.3 Å². The van der Waals surface area contributed by atoms with Gasteiger partial charge in [-0.1, -0.05) is 60.1 Å². The molecular weight excluding hydrogens is 418 g/mol. The Kier molecular flexibility index (Phi) is 4.75. The van der Waals surface area contributed by atoms with Gasteiger partial charge in [0.15, 0.2) is 0 Å². The lowest BCUT2D eigenvalue weighted by atomic mass is 9.35. The molecule has 34 heavy (non-hydrogen) atoms. The summed E-state index contributed by atoms with van der Waals surface area (Å²) >= 11 is 0. The van der Waals surface area contributed by atoms with Gasteiger partial charge in [-0.2, -0.15) is 0 Å². The third-order valence-electron chi connectivity index (χ3n) is 14.6. The highest BCUT2D eigenvalue weighted by Gasteiger charge is 2.82. The molecule has 2 aliphatic heterocycles. The Morgan fingerprint density at radius 3 is 2.35 bits per heavy atom. The van der Waals surface area contributed by atoms with E-state index in [0.717, 1.165) is 38.1 Å². The van der Waals surface area contributed by atoms with Crippen LogP contribution >= 0.6 is 0 Å².